The molecule has 2 aromatic rings. The zero-order valence-corrected chi connectivity index (χ0v) is 10.2. The molecule has 18 heavy (non-hydrogen) atoms. The van der Waals surface area contributed by atoms with E-state index in [-0.39, 0.29) is 6.42 Å². The maximum absolute atomic E-state index is 10.7. The van der Waals surface area contributed by atoms with Crippen molar-refractivity contribution in [2.45, 2.75) is 26.7 Å². The highest BCUT2D eigenvalue weighted by Gasteiger charge is 2.25. The van der Waals surface area contributed by atoms with Gasteiger partial charge in [0.1, 0.15) is 0 Å². The fraction of sp³-hybridized carbons (Fsp3) is 0.417. The first-order chi connectivity index (χ1) is 8.46. The number of carboxylic acids is 1. The third-order valence-corrected chi connectivity index (χ3v) is 2.46. The third kappa shape index (κ3) is 2.97. The van der Waals surface area contributed by atoms with Crippen LogP contribution >= 0.6 is 0 Å². The largest absolute Gasteiger partial charge is 0.481 e. The normalized spacial score (nSPS) is 11.7. The Bertz CT molecular complexity index is 528. The number of nitrogens with zero attached hydrogens (tertiary/aromatic N) is 2. The van der Waals surface area contributed by atoms with Crippen LogP contribution in [0.1, 0.15) is 26.2 Å². The number of aromatic nitrogens is 2. The summed E-state index contributed by atoms with van der Waals surface area (Å²) in [6.45, 7) is 3.69. The molecule has 6 heteroatoms. The monoisotopic (exact) mass is 250 g/mol. The van der Waals surface area contributed by atoms with E-state index in [2.05, 4.69) is 10.2 Å². The van der Waals surface area contributed by atoms with Crippen LogP contribution in [0.3, 0.4) is 0 Å². The number of hydrogen-bond acceptors (Lipinski definition) is 5. The fourth-order valence-corrected chi connectivity index (χ4v) is 1.71. The van der Waals surface area contributed by atoms with E-state index in [0.29, 0.717) is 24.0 Å². The predicted octanol–water partition coefficient (Wildman–Crippen LogP) is 2.37. The topological polar surface area (TPSA) is 89.4 Å². The second-order valence-corrected chi connectivity index (χ2v) is 4.89. The molecule has 0 aliphatic rings. The highest BCUT2D eigenvalue weighted by atomic mass is 16.4. The zero-order chi connectivity index (χ0) is 13.2. The Morgan fingerprint density at radius 3 is 2.83 bits per heavy atom. The van der Waals surface area contributed by atoms with Gasteiger partial charge in [-0.3, -0.25) is 4.79 Å². The molecule has 2 rings (SSSR count). The van der Waals surface area contributed by atoms with Gasteiger partial charge in [-0.15, -0.1) is 10.2 Å². The molecule has 0 spiro atoms. The van der Waals surface area contributed by atoms with Crippen LogP contribution in [-0.2, 0) is 11.2 Å². The van der Waals surface area contributed by atoms with Gasteiger partial charge in [0.15, 0.2) is 5.76 Å². The smallest absolute Gasteiger partial charge is 0.303 e. The molecule has 0 fully saturated rings. The van der Waals surface area contributed by atoms with E-state index in [9.17, 15) is 4.79 Å². The highest BCUT2D eigenvalue weighted by molar-refractivity contribution is 5.67. The number of carboxylic acid groups (broad SMARTS) is 1. The van der Waals surface area contributed by atoms with Crippen LogP contribution in [0.25, 0.3) is 11.7 Å². The Labute approximate surface area is 104 Å². The lowest BCUT2D eigenvalue weighted by Gasteiger charge is -2.19. The van der Waals surface area contributed by atoms with Gasteiger partial charge in [-0.25, -0.2) is 0 Å². The van der Waals surface area contributed by atoms with Crippen LogP contribution in [-0.4, -0.2) is 21.3 Å². The molecule has 0 bridgehead atoms. The van der Waals surface area contributed by atoms with Gasteiger partial charge in [0.2, 0.25) is 5.89 Å². The Hall–Kier alpha value is -2.11. The minimum atomic E-state index is -0.842. The molecule has 0 unspecified atom stereocenters. The van der Waals surface area contributed by atoms with E-state index >= 15 is 0 Å². The predicted molar refractivity (Wildman–Crippen MR) is 61.7 cm³/mol. The third-order valence-electron chi connectivity index (χ3n) is 2.46. The van der Waals surface area contributed by atoms with E-state index in [1.807, 2.05) is 13.8 Å². The SMILES string of the molecule is CC(C)(CC(=O)O)Cc1nnc(-c2ccco2)o1. The summed E-state index contributed by atoms with van der Waals surface area (Å²) in [6.07, 6.45) is 1.98. The maximum Gasteiger partial charge on any atom is 0.303 e. The molecule has 6 nitrogen and oxygen atoms in total. The average Bonchev–Trinajstić information content (AvgIpc) is 2.82. The molecular formula is C12H14N2O4. The van der Waals surface area contributed by atoms with Crippen LogP contribution in [0.5, 0.6) is 0 Å². The van der Waals surface area contributed by atoms with Crippen molar-refractivity contribution in [2.75, 3.05) is 0 Å². The average molecular weight is 250 g/mol. The first kappa shape index (κ1) is 12.3. The maximum atomic E-state index is 10.7. The molecule has 0 saturated carbocycles. The minimum absolute atomic E-state index is 0.0471. The number of carbonyl (C=O) groups is 1. The summed E-state index contributed by atoms with van der Waals surface area (Å²) in [4.78, 5) is 10.7. The molecular weight excluding hydrogens is 236 g/mol. The van der Waals surface area contributed by atoms with E-state index in [1.54, 1.807) is 12.1 Å². The lowest BCUT2D eigenvalue weighted by atomic mass is 9.86. The van der Waals surface area contributed by atoms with Gasteiger partial charge < -0.3 is 13.9 Å². The molecule has 1 N–H and O–H groups in total. The molecule has 0 atom stereocenters. The van der Waals surface area contributed by atoms with E-state index in [0.717, 1.165) is 0 Å². The molecule has 0 aliphatic heterocycles. The molecule has 2 heterocycles. The minimum Gasteiger partial charge on any atom is -0.481 e. The number of hydrogen-bond donors (Lipinski definition) is 1. The van der Waals surface area contributed by atoms with Crippen LogP contribution in [0.2, 0.25) is 0 Å². The summed E-state index contributed by atoms with van der Waals surface area (Å²) in [7, 11) is 0. The summed E-state index contributed by atoms with van der Waals surface area (Å²) in [5.41, 5.74) is -0.432. The molecule has 0 aliphatic carbocycles. The molecule has 0 radical (unpaired) electrons. The van der Waals surface area contributed by atoms with Gasteiger partial charge >= 0.3 is 5.97 Å². The van der Waals surface area contributed by atoms with Crippen LogP contribution in [0, 0.1) is 5.41 Å². The van der Waals surface area contributed by atoms with Gasteiger partial charge in [-0.1, -0.05) is 13.8 Å². The van der Waals surface area contributed by atoms with E-state index < -0.39 is 11.4 Å². The van der Waals surface area contributed by atoms with Gasteiger partial charge in [0, 0.05) is 6.42 Å². The summed E-state index contributed by atoms with van der Waals surface area (Å²) >= 11 is 0. The molecule has 0 saturated heterocycles. The van der Waals surface area contributed by atoms with E-state index in [4.69, 9.17) is 13.9 Å². The zero-order valence-electron chi connectivity index (χ0n) is 10.2. The summed E-state index contributed by atoms with van der Waals surface area (Å²) in [6, 6.07) is 3.45. The summed E-state index contributed by atoms with van der Waals surface area (Å²) in [5, 5.41) is 16.6. The molecule has 0 aromatic carbocycles. The standard InChI is InChI=1S/C12H14N2O4/c1-12(2,7-10(15)16)6-9-13-14-11(18-9)8-4-3-5-17-8/h3-5H,6-7H2,1-2H3,(H,15,16). The van der Waals surface area contributed by atoms with Crippen LogP contribution in [0.15, 0.2) is 27.2 Å². The Kier molecular flexibility index (Phi) is 3.18. The van der Waals surface area contributed by atoms with Crippen LogP contribution < -0.4 is 0 Å². The number of furan rings is 1. The first-order valence-corrected chi connectivity index (χ1v) is 5.54. The molecule has 2 aromatic heterocycles. The summed E-state index contributed by atoms with van der Waals surface area (Å²) < 4.78 is 10.6. The van der Waals surface area contributed by atoms with Gasteiger partial charge in [0.25, 0.3) is 5.89 Å². The van der Waals surface area contributed by atoms with Crippen molar-refractivity contribution in [2.24, 2.45) is 5.41 Å². The fourth-order valence-electron chi connectivity index (χ4n) is 1.71. The van der Waals surface area contributed by atoms with Crippen molar-refractivity contribution in [3.05, 3.63) is 24.3 Å². The highest BCUT2D eigenvalue weighted by Crippen LogP contribution is 2.27. The number of rotatable bonds is 5. The number of aliphatic carboxylic acids is 1. The quantitative estimate of drug-likeness (QED) is 0.876. The Balaban J connectivity index is 2.09. The molecule has 0 amide bonds. The van der Waals surface area contributed by atoms with Crippen molar-refractivity contribution in [3.8, 4) is 11.7 Å². The summed E-state index contributed by atoms with van der Waals surface area (Å²) in [5.74, 6) is 0.379. The Morgan fingerprint density at radius 2 is 2.22 bits per heavy atom. The Morgan fingerprint density at radius 1 is 1.44 bits per heavy atom. The van der Waals surface area contributed by atoms with Crippen molar-refractivity contribution < 1.29 is 18.7 Å². The van der Waals surface area contributed by atoms with Crippen molar-refractivity contribution >= 4 is 5.97 Å². The van der Waals surface area contributed by atoms with Crippen molar-refractivity contribution in [1.82, 2.24) is 10.2 Å². The van der Waals surface area contributed by atoms with Gasteiger partial charge in [-0.2, -0.15) is 0 Å². The second kappa shape index (κ2) is 4.64. The second-order valence-electron chi connectivity index (χ2n) is 4.89. The van der Waals surface area contributed by atoms with Gasteiger partial charge in [-0.05, 0) is 17.5 Å². The van der Waals surface area contributed by atoms with Gasteiger partial charge in [0.05, 0.1) is 12.7 Å². The molecule has 96 valence electrons. The van der Waals surface area contributed by atoms with Crippen molar-refractivity contribution in [3.63, 3.8) is 0 Å². The lowest BCUT2D eigenvalue weighted by Crippen LogP contribution is -2.19. The first-order valence-electron chi connectivity index (χ1n) is 5.54. The van der Waals surface area contributed by atoms with Crippen molar-refractivity contribution in [1.29, 1.82) is 0 Å². The van der Waals surface area contributed by atoms with Crippen LogP contribution in [0.4, 0.5) is 0 Å². The lowest BCUT2D eigenvalue weighted by molar-refractivity contribution is -0.139. The van der Waals surface area contributed by atoms with E-state index in [1.165, 1.54) is 6.26 Å².